The third kappa shape index (κ3) is 4.64. The van der Waals surface area contributed by atoms with Crippen LogP contribution in [0.1, 0.15) is 26.3 Å². The molecule has 1 rings (SSSR count). The number of urea groups is 1. The van der Waals surface area contributed by atoms with Crippen molar-refractivity contribution in [3.63, 3.8) is 0 Å². The van der Waals surface area contributed by atoms with Crippen molar-refractivity contribution in [1.29, 1.82) is 0 Å². The highest BCUT2D eigenvalue weighted by atomic mass is 16.5. The van der Waals surface area contributed by atoms with Gasteiger partial charge in [-0.2, -0.15) is 0 Å². The van der Waals surface area contributed by atoms with Gasteiger partial charge in [-0.15, -0.1) is 0 Å². The third-order valence-electron chi connectivity index (χ3n) is 2.76. The molecular weight excluding hydrogens is 256 g/mol. The first-order valence-corrected chi connectivity index (χ1v) is 6.54. The number of hydrogen-bond donors (Lipinski definition) is 2. The molecule has 5 heteroatoms. The minimum absolute atomic E-state index is 0.0456. The zero-order chi connectivity index (χ0) is 15.3. The molecule has 0 heterocycles. The fraction of sp³-hybridized carbons (Fsp3) is 0.533. The topological polar surface area (TPSA) is 59.6 Å². The van der Waals surface area contributed by atoms with E-state index in [0.29, 0.717) is 23.7 Å². The van der Waals surface area contributed by atoms with E-state index in [1.54, 1.807) is 20.3 Å². The maximum atomic E-state index is 11.9. The van der Waals surface area contributed by atoms with E-state index in [-0.39, 0.29) is 11.4 Å². The van der Waals surface area contributed by atoms with Gasteiger partial charge in [0.25, 0.3) is 0 Å². The third-order valence-corrected chi connectivity index (χ3v) is 2.76. The number of amides is 2. The molecule has 0 aliphatic rings. The lowest BCUT2D eigenvalue weighted by atomic mass is 9.97. The van der Waals surface area contributed by atoms with Gasteiger partial charge in [-0.1, -0.05) is 20.8 Å². The highest BCUT2D eigenvalue weighted by molar-refractivity contribution is 5.90. The number of nitrogens with one attached hydrogen (secondary N) is 2. The van der Waals surface area contributed by atoms with Crippen LogP contribution in [0.4, 0.5) is 10.5 Å². The number of hydrogen-bond acceptors (Lipinski definition) is 3. The number of benzene rings is 1. The monoisotopic (exact) mass is 280 g/mol. The average Bonchev–Trinajstić information content (AvgIpc) is 2.37. The molecule has 112 valence electrons. The van der Waals surface area contributed by atoms with E-state index in [4.69, 9.17) is 9.47 Å². The summed E-state index contributed by atoms with van der Waals surface area (Å²) in [6.45, 7) is 8.70. The summed E-state index contributed by atoms with van der Waals surface area (Å²) < 4.78 is 10.4. The van der Waals surface area contributed by atoms with Gasteiger partial charge in [0.2, 0.25) is 0 Å². The minimum atomic E-state index is -0.227. The molecule has 5 nitrogen and oxygen atoms in total. The van der Waals surface area contributed by atoms with E-state index in [2.05, 4.69) is 31.4 Å². The first kappa shape index (κ1) is 16.1. The maximum Gasteiger partial charge on any atom is 0.319 e. The number of methoxy groups -OCH3 is 2. The van der Waals surface area contributed by atoms with Crippen LogP contribution in [0.15, 0.2) is 12.1 Å². The van der Waals surface area contributed by atoms with E-state index in [0.717, 1.165) is 5.56 Å². The summed E-state index contributed by atoms with van der Waals surface area (Å²) in [6.07, 6.45) is 0. The van der Waals surface area contributed by atoms with Crippen LogP contribution in [0.25, 0.3) is 0 Å². The number of carbonyl (C=O) groups is 1. The van der Waals surface area contributed by atoms with Crippen LogP contribution in [0.3, 0.4) is 0 Å². The fourth-order valence-electron chi connectivity index (χ4n) is 1.63. The van der Waals surface area contributed by atoms with E-state index >= 15 is 0 Å². The Bertz CT molecular complexity index is 479. The van der Waals surface area contributed by atoms with Crippen LogP contribution in [0, 0.1) is 12.3 Å². The van der Waals surface area contributed by atoms with E-state index < -0.39 is 0 Å². The van der Waals surface area contributed by atoms with Crippen molar-refractivity contribution in [2.24, 2.45) is 5.41 Å². The van der Waals surface area contributed by atoms with Gasteiger partial charge in [0.15, 0.2) is 11.5 Å². The Morgan fingerprint density at radius 1 is 1.15 bits per heavy atom. The van der Waals surface area contributed by atoms with Crippen molar-refractivity contribution < 1.29 is 14.3 Å². The molecule has 20 heavy (non-hydrogen) atoms. The minimum Gasteiger partial charge on any atom is -0.493 e. The predicted octanol–water partition coefficient (Wildman–Crippen LogP) is 3.18. The number of anilines is 1. The molecule has 0 spiro atoms. The molecule has 1 aromatic rings. The summed E-state index contributed by atoms with van der Waals surface area (Å²) in [4.78, 5) is 11.9. The predicted molar refractivity (Wildman–Crippen MR) is 80.8 cm³/mol. The number of rotatable bonds is 4. The van der Waals surface area contributed by atoms with Crippen LogP contribution in [-0.2, 0) is 0 Å². The first-order valence-electron chi connectivity index (χ1n) is 6.54. The second kappa shape index (κ2) is 6.50. The van der Waals surface area contributed by atoms with Crippen LogP contribution in [-0.4, -0.2) is 26.8 Å². The SMILES string of the molecule is COc1cc(C)c(NC(=O)NCC(C)(C)C)cc1OC. The molecule has 0 aromatic heterocycles. The molecule has 0 radical (unpaired) electrons. The lowest BCUT2D eigenvalue weighted by molar-refractivity contribution is 0.247. The molecule has 0 saturated carbocycles. The van der Waals surface area contributed by atoms with Crippen LogP contribution in [0.2, 0.25) is 0 Å². The van der Waals surface area contributed by atoms with E-state index in [9.17, 15) is 4.79 Å². The van der Waals surface area contributed by atoms with Gasteiger partial charge in [0.1, 0.15) is 0 Å². The number of carbonyl (C=O) groups excluding carboxylic acids is 1. The van der Waals surface area contributed by atoms with Gasteiger partial charge in [-0.25, -0.2) is 4.79 Å². The zero-order valence-electron chi connectivity index (χ0n) is 13.1. The molecule has 2 amide bonds. The molecule has 0 fully saturated rings. The lowest BCUT2D eigenvalue weighted by Crippen LogP contribution is -2.35. The first-order chi connectivity index (χ1) is 9.26. The molecular formula is C15H24N2O3. The summed E-state index contributed by atoms with van der Waals surface area (Å²) in [5.74, 6) is 1.23. The molecule has 0 unspecified atom stereocenters. The molecule has 1 aromatic carbocycles. The highest BCUT2D eigenvalue weighted by Crippen LogP contribution is 2.32. The maximum absolute atomic E-state index is 11.9. The van der Waals surface area contributed by atoms with Crippen molar-refractivity contribution in [3.05, 3.63) is 17.7 Å². The van der Waals surface area contributed by atoms with Gasteiger partial charge in [-0.05, 0) is 24.0 Å². The second-order valence-electron chi connectivity index (χ2n) is 5.89. The average molecular weight is 280 g/mol. The van der Waals surface area contributed by atoms with Crippen molar-refractivity contribution in [1.82, 2.24) is 5.32 Å². The Hall–Kier alpha value is -1.91. The molecule has 0 bridgehead atoms. The quantitative estimate of drug-likeness (QED) is 0.890. The van der Waals surface area contributed by atoms with Crippen LogP contribution >= 0.6 is 0 Å². The number of aryl methyl sites for hydroxylation is 1. The second-order valence-corrected chi connectivity index (χ2v) is 5.89. The van der Waals surface area contributed by atoms with E-state index in [1.807, 2.05) is 13.0 Å². The Kier molecular flexibility index (Phi) is 5.25. The Morgan fingerprint density at radius 3 is 2.20 bits per heavy atom. The van der Waals surface area contributed by atoms with Gasteiger partial charge in [0.05, 0.1) is 14.2 Å². The van der Waals surface area contributed by atoms with Crippen molar-refractivity contribution >= 4 is 11.7 Å². The summed E-state index contributed by atoms with van der Waals surface area (Å²) in [7, 11) is 3.15. The standard InChI is InChI=1S/C15H24N2O3/c1-10-7-12(19-5)13(20-6)8-11(10)17-14(18)16-9-15(2,3)4/h7-8H,9H2,1-6H3,(H2,16,17,18). The van der Waals surface area contributed by atoms with Gasteiger partial charge in [0, 0.05) is 18.3 Å². The van der Waals surface area contributed by atoms with Gasteiger partial charge < -0.3 is 20.1 Å². The van der Waals surface area contributed by atoms with Crippen molar-refractivity contribution in [3.8, 4) is 11.5 Å². The fourth-order valence-corrected chi connectivity index (χ4v) is 1.63. The van der Waals surface area contributed by atoms with Crippen LogP contribution < -0.4 is 20.1 Å². The van der Waals surface area contributed by atoms with Crippen molar-refractivity contribution in [2.75, 3.05) is 26.1 Å². The Balaban J connectivity index is 2.79. The molecule has 0 atom stereocenters. The van der Waals surface area contributed by atoms with Crippen molar-refractivity contribution in [2.45, 2.75) is 27.7 Å². The Morgan fingerprint density at radius 2 is 1.70 bits per heavy atom. The Labute approximate surface area is 120 Å². The van der Waals surface area contributed by atoms with Crippen LogP contribution in [0.5, 0.6) is 11.5 Å². The zero-order valence-corrected chi connectivity index (χ0v) is 13.1. The summed E-state index contributed by atoms with van der Waals surface area (Å²) in [5, 5.41) is 5.67. The molecule has 0 aliphatic heterocycles. The lowest BCUT2D eigenvalue weighted by Gasteiger charge is -2.19. The summed E-state index contributed by atoms with van der Waals surface area (Å²) >= 11 is 0. The summed E-state index contributed by atoms with van der Waals surface area (Å²) in [5.41, 5.74) is 1.66. The highest BCUT2D eigenvalue weighted by Gasteiger charge is 2.14. The molecule has 0 aliphatic carbocycles. The summed E-state index contributed by atoms with van der Waals surface area (Å²) in [6, 6.07) is 3.36. The molecule has 0 saturated heterocycles. The smallest absolute Gasteiger partial charge is 0.319 e. The normalized spacial score (nSPS) is 10.9. The largest absolute Gasteiger partial charge is 0.493 e. The molecule has 2 N–H and O–H groups in total. The number of ether oxygens (including phenoxy) is 2. The van der Waals surface area contributed by atoms with E-state index in [1.165, 1.54) is 0 Å². The van der Waals surface area contributed by atoms with Gasteiger partial charge in [-0.3, -0.25) is 0 Å². The van der Waals surface area contributed by atoms with Gasteiger partial charge >= 0.3 is 6.03 Å².